The summed E-state index contributed by atoms with van der Waals surface area (Å²) in [6, 6.07) is 4.91. The molecule has 2 heterocycles. The molecule has 0 saturated heterocycles. The number of anilines is 1. The lowest BCUT2D eigenvalue weighted by Crippen LogP contribution is -2.40. The van der Waals surface area contributed by atoms with E-state index in [0.29, 0.717) is 16.3 Å². The first kappa shape index (κ1) is 12.6. The average Bonchev–Trinajstić information content (AvgIpc) is 2.52. The molecule has 0 unspecified atom stereocenters. The van der Waals surface area contributed by atoms with Gasteiger partial charge in [0, 0.05) is 17.6 Å². The molecule has 1 N–H and O–H groups in total. The number of carbonyl (C=O) groups excluding carboxylic acids is 1. The first-order valence-electron chi connectivity index (χ1n) is 5.75. The number of likely N-dealkylation sites (N-methyl/N-ethyl adjacent to an activating group) is 1. The lowest BCUT2D eigenvalue weighted by Gasteiger charge is -2.16. The van der Waals surface area contributed by atoms with Gasteiger partial charge in [0.05, 0.1) is 5.69 Å². The zero-order chi connectivity index (χ0) is 14.4. The van der Waals surface area contributed by atoms with Gasteiger partial charge in [-0.25, -0.2) is 5.10 Å². The molecule has 0 bridgehead atoms. The van der Waals surface area contributed by atoms with Crippen LogP contribution in [0, 0.1) is 0 Å². The van der Waals surface area contributed by atoms with Gasteiger partial charge in [0.1, 0.15) is 6.54 Å². The quantitative estimate of drug-likeness (QED) is 0.704. The number of H-pyrrole nitrogens is 1. The first-order chi connectivity index (χ1) is 9.49. The monoisotopic (exact) mass is 292 g/mol. The van der Waals surface area contributed by atoms with Crippen LogP contribution in [0.5, 0.6) is 0 Å². The number of benzene rings is 1. The van der Waals surface area contributed by atoms with Crippen LogP contribution < -0.4 is 16.0 Å². The van der Waals surface area contributed by atoms with E-state index < -0.39 is 11.1 Å². The molecular weight excluding hydrogens is 284 g/mol. The summed E-state index contributed by atoms with van der Waals surface area (Å²) in [5, 5.41) is 6.46. The number of nitrogens with zero attached hydrogens (tertiary/aromatic N) is 3. The van der Waals surface area contributed by atoms with Crippen molar-refractivity contribution in [3.05, 3.63) is 43.9 Å². The van der Waals surface area contributed by atoms with Crippen LogP contribution in [-0.4, -0.2) is 27.7 Å². The number of amides is 1. The SMILES string of the molecule is CN1C(=O)Cn2c(n[nH]c(=O)c2=O)-c2cc(Cl)ccc21. The van der Waals surface area contributed by atoms with E-state index in [-0.39, 0.29) is 18.3 Å². The van der Waals surface area contributed by atoms with Crippen molar-refractivity contribution < 1.29 is 4.79 Å². The molecule has 7 nitrogen and oxygen atoms in total. The van der Waals surface area contributed by atoms with E-state index >= 15 is 0 Å². The van der Waals surface area contributed by atoms with Gasteiger partial charge in [-0.3, -0.25) is 19.0 Å². The van der Waals surface area contributed by atoms with Crippen LogP contribution in [0.25, 0.3) is 11.4 Å². The summed E-state index contributed by atoms with van der Waals surface area (Å²) >= 11 is 5.96. The molecule has 0 atom stereocenters. The fourth-order valence-corrected chi connectivity index (χ4v) is 2.31. The van der Waals surface area contributed by atoms with E-state index in [4.69, 9.17) is 11.6 Å². The Kier molecular flexibility index (Phi) is 2.72. The topological polar surface area (TPSA) is 88.1 Å². The molecule has 20 heavy (non-hydrogen) atoms. The Labute approximate surface area is 117 Å². The third kappa shape index (κ3) is 1.75. The molecule has 3 rings (SSSR count). The second kappa shape index (κ2) is 4.31. The molecule has 0 fully saturated rings. The molecule has 1 aromatic carbocycles. The van der Waals surface area contributed by atoms with Crippen molar-refractivity contribution in [3.63, 3.8) is 0 Å². The van der Waals surface area contributed by atoms with E-state index in [1.807, 2.05) is 0 Å². The van der Waals surface area contributed by atoms with E-state index in [1.54, 1.807) is 25.2 Å². The van der Waals surface area contributed by atoms with Crippen molar-refractivity contribution in [1.82, 2.24) is 14.8 Å². The molecule has 1 amide bonds. The van der Waals surface area contributed by atoms with Crippen LogP contribution in [0.3, 0.4) is 0 Å². The lowest BCUT2D eigenvalue weighted by molar-refractivity contribution is -0.118. The number of hydrogen-bond acceptors (Lipinski definition) is 4. The maximum Gasteiger partial charge on any atom is 0.330 e. The second-order valence-electron chi connectivity index (χ2n) is 4.38. The van der Waals surface area contributed by atoms with Crippen LogP contribution in [-0.2, 0) is 11.3 Å². The van der Waals surface area contributed by atoms with Crippen molar-refractivity contribution in [1.29, 1.82) is 0 Å². The maximum atomic E-state index is 12.1. The van der Waals surface area contributed by atoms with Crippen molar-refractivity contribution in [2.24, 2.45) is 0 Å². The summed E-state index contributed by atoms with van der Waals surface area (Å²) in [5.74, 6) is -0.105. The average molecular weight is 293 g/mol. The second-order valence-corrected chi connectivity index (χ2v) is 4.82. The number of hydrogen-bond donors (Lipinski definition) is 1. The fraction of sp³-hybridized carbons (Fsp3) is 0.167. The van der Waals surface area contributed by atoms with Gasteiger partial charge in [-0.15, -0.1) is 0 Å². The van der Waals surface area contributed by atoms with Crippen molar-refractivity contribution in [2.75, 3.05) is 11.9 Å². The molecule has 102 valence electrons. The van der Waals surface area contributed by atoms with Crippen molar-refractivity contribution in [3.8, 4) is 11.4 Å². The van der Waals surface area contributed by atoms with E-state index in [9.17, 15) is 14.4 Å². The number of rotatable bonds is 0. The maximum absolute atomic E-state index is 12.1. The highest BCUT2D eigenvalue weighted by Gasteiger charge is 2.25. The summed E-state index contributed by atoms with van der Waals surface area (Å²) in [4.78, 5) is 36.7. The third-order valence-corrected chi connectivity index (χ3v) is 3.42. The van der Waals surface area contributed by atoms with Crippen molar-refractivity contribution >= 4 is 23.2 Å². The highest BCUT2D eigenvalue weighted by molar-refractivity contribution is 6.31. The Hall–Kier alpha value is -2.41. The highest BCUT2D eigenvalue weighted by Crippen LogP contribution is 2.32. The smallest absolute Gasteiger partial charge is 0.313 e. The van der Waals surface area contributed by atoms with E-state index in [1.165, 1.54) is 4.90 Å². The summed E-state index contributed by atoms with van der Waals surface area (Å²) in [6.07, 6.45) is 0. The Bertz CT molecular complexity index is 839. The zero-order valence-electron chi connectivity index (χ0n) is 10.4. The first-order valence-corrected chi connectivity index (χ1v) is 6.13. The third-order valence-electron chi connectivity index (χ3n) is 3.19. The molecule has 1 aliphatic rings. The standard InChI is InChI=1S/C12H9ClN4O3/c1-16-8-3-2-6(13)4-7(8)10-14-15-11(19)12(20)17(10)5-9(16)18/h2-4H,5H2,1H3,(H,15,19). The van der Waals surface area contributed by atoms with Gasteiger partial charge in [0.2, 0.25) is 5.91 Å². The minimum Gasteiger partial charge on any atom is -0.313 e. The Balaban J connectivity index is 2.44. The van der Waals surface area contributed by atoms with Crippen LogP contribution >= 0.6 is 11.6 Å². The van der Waals surface area contributed by atoms with Gasteiger partial charge in [-0.2, -0.15) is 5.10 Å². The molecule has 0 saturated carbocycles. The number of nitrogens with one attached hydrogen (secondary N) is 1. The van der Waals surface area contributed by atoms with Crippen LogP contribution in [0.4, 0.5) is 5.69 Å². The highest BCUT2D eigenvalue weighted by atomic mass is 35.5. The minimum absolute atomic E-state index is 0.213. The Morgan fingerprint density at radius 3 is 2.80 bits per heavy atom. The summed E-state index contributed by atoms with van der Waals surface area (Å²) in [7, 11) is 1.59. The van der Waals surface area contributed by atoms with Gasteiger partial charge in [-0.05, 0) is 18.2 Å². The minimum atomic E-state index is -0.866. The summed E-state index contributed by atoms with van der Waals surface area (Å²) in [6.45, 7) is -0.242. The predicted octanol–water partition coefficient (Wildman–Crippen LogP) is 0.228. The lowest BCUT2D eigenvalue weighted by atomic mass is 10.1. The number of halogens is 1. The van der Waals surface area contributed by atoms with Gasteiger partial charge >= 0.3 is 11.1 Å². The summed E-state index contributed by atoms with van der Waals surface area (Å²) < 4.78 is 1.06. The van der Waals surface area contributed by atoms with Crippen LogP contribution in [0.1, 0.15) is 0 Å². The largest absolute Gasteiger partial charge is 0.330 e. The predicted molar refractivity (Wildman–Crippen MR) is 73.0 cm³/mol. The van der Waals surface area contributed by atoms with Crippen LogP contribution in [0.2, 0.25) is 5.02 Å². The van der Waals surface area contributed by atoms with Gasteiger partial charge in [-0.1, -0.05) is 11.6 Å². The molecule has 2 aromatic rings. The van der Waals surface area contributed by atoms with Gasteiger partial charge in [0.25, 0.3) is 0 Å². The Morgan fingerprint density at radius 2 is 2.05 bits per heavy atom. The van der Waals surface area contributed by atoms with E-state index in [2.05, 4.69) is 10.2 Å². The number of fused-ring (bicyclic) bond motifs is 3. The van der Waals surface area contributed by atoms with Gasteiger partial charge in [0.15, 0.2) is 5.82 Å². The van der Waals surface area contributed by atoms with Crippen molar-refractivity contribution in [2.45, 2.75) is 6.54 Å². The molecule has 0 spiro atoms. The zero-order valence-corrected chi connectivity index (χ0v) is 11.1. The molecule has 1 aromatic heterocycles. The van der Waals surface area contributed by atoms with Gasteiger partial charge < -0.3 is 4.90 Å². The molecular formula is C12H9ClN4O3. The number of carbonyl (C=O) groups is 1. The number of aromatic nitrogens is 3. The molecule has 0 radical (unpaired) electrons. The van der Waals surface area contributed by atoms with E-state index in [0.717, 1.165) is 4.57 Å². The summed E-state index contributed by atoms with van der Waals surface area (Å²) in [5.41, 5.74) is -0.594. The van der Waals surface area contributed by atoms with Crippen LogP contribution in [0.15, 0.2) is 27.8 Å². The molecule has 0 aliphatic carbocycles. The number of aromatic amines is 1. The molecule has 1 aliphatic heterocycles. The normalized spacial score (nSPS) is 13.7. The fourth-order valence-electron chi connectivity index (χ4n) is 2.14. The molecule has 8 heteroatoms. The Morgan fingerprint density at radius 1 is 1.30 bits per heavy atom.